The zero-order valence-electron chi connectivity index (χ0n) is 16.1. The molecule has 0 atom stereocenters. The van der Waals surface area contributed by atoms with Crippen LogP contribution in [-0.2, 0) is 27.5 Å². The maximum absolute atomic E-state index is 13.0. The van der Waals surface area contributed by atoms with E-state index in [1.165, 1.54) is 29.7 Å². The average molecular weight is 429 g/mol. The van der Waals surface area contributed by atoms with Crippen LogP contribution >= 0.6 is 0 Å². The summed E-state index contributed by atoms with van der Waals surface area (Å²) in [5.74, 6) is -1.23. The molecule has 0 unspecified atom stereocenters. The van der Waals surface area contributed by atoms with E-state index in [1.54, 1.807) is 0 Å². The number of halogens is 1. The summed E-state index contributed by atoms with van der Waals surface area (Å²) >= 11 is 0. The summed E-state index contributed by atoms with van der Waals surface area (Å²) in [5, 5.41) is 10.2. The first-order valence-electron chi connectivity index (χ1n) is 9.64. The van der Waals surface area contributed by atoms with Gasteiger partial charge < -0.3 is 4.42 Å². The fourth-order valence-corrected chi connectivity index (χ4v) is 4.67. The molecule has 1 heterocycles. The Bertz CT molecular complexity index is 1170. The molecule has 4 rings (SSSR count). The number of aryl methyl sites for hydroxylation is 2. The quantitative estimate of drug-likeness (QED) is 0.601. The zero-order chi connectivity index (χ0) is 21.1. The van der Waals surface area contributed by atoms with Gasteiger partial charge in [-0.05, 0) is 73.2 Å². The number of aromatic nitrogens is 2. The standard InChI is InChI=1S/C21H20FN3O4S/c22-17-7-9-18(10-8-17)30(27,28)12-11-19(26)23-21-25-24-20(29-21)16-6-5-14-3-1-2-4-15(14)13-16/h5-10,13H,1-4,11-12H2,(H,23,25,26). The molecule has 3 aromatic rings. The van der Waals surface area contributed by atoms with Crippen LogP contribution in [0.5, 0.6) is 0 Å². The summed E-state index contributed by atoms with van der Waals surface area (Å²) < 4.78 is 43.0. The molecule has 7 nitrogen and oxygen atoms in total. The van der Waals surface area contributed by atoms with Crippen molar-refractivity contribution in [3.63, 3.8) is 0 Å². The highest BCUT2D eigenvalue weighted by Crippen LogP contribution is 2.27. The molecule has 0 bridgehead atoms. The smallest absolute Gasteiger partial charge is 0.322 e. The number of nitrogens with zero attached hydrogens (tertiary/aromatic N) is 2. The first kappa shape index (κ1) is 20.2. The lowest BCUT2D eigenvalue weighted by molar-refractivity contribution is -0.115. The van der Waals surface area contributed by atoms with Crippen LogP contribution in [0, 0.1) is 5.82 Å². The minimum atomic E-state index is -3.71. The number of fused-ring (bicyclic) bond motifs is 1. The topological polar surface area (TPSA) is 102 Å². The van der Waals surface area contributed by atoms with Gasteiger partial charge in [-0.1, -0.05) is 11.2 Å². The van der Waals surface area contributed by atoms with Gasteiger partial charge in [-0.3, -0.25) is 10.1 Å². The van der Waals surface area contributed by atoms with E-state index in [1.807, 2.05) is 12.1 Å². The molecule has 0 fully saturated rings. The molecule has 1 aliphatic carbocycles. The Kier molecular flexibility index (Phi) is 5.63. The highest BCUT2D eigenvalue weighted by molar-refractivity contribution is 7.91. The van der Waals surface area contributed by atoms with Gasteiger partial charge in [0.05, 0.1) is 10.6 Å². The third-order valence-corrected chi connectivity index (χ3v) is 6.77. The predicted octanol–water partition coefficient (Wildman–Crippen LogP) is 3.56. The number of nitrogens with one attached hydrogen (secondary N) is 1. The second kappa shape index (κ2) is 8.35. The summed E-state index contributed by atoms with van der Waals surface area (Å²) in [6, 6.07) is 10.4. The van der Waals surface area contributed by atoms with Gasteiger partial charge in [-0.2, -0.15) is 0 Å². The van der Waals surface area contributed by atoms with E-state index < -0.39 is 27.3 Å². The summed E-state index contributed by atoms with van der Waals surface area (Å²) in [6.07, 6.45) is 4.14. The van der Waals surface area contributed by atoms with Crippen molar-refractivity contribution in [3.8, 4) is 11.5 Å². The molecule has 1 amide bonds. The minimum absolute atomic E-state index is 0.0378. The van der Waals surface area contributed by atoms with Crippen molar-refractivity contribution in [2.75, 3.05) is 11.1 Å². The third-order valence-electron chi connectivity index (χ3n) is 5.04. The minimum Gasteiger partial charge on any atom is -0.403 e. The van der Waals surface area contributed by atoms with Gasteiger partial charge in [-0.15, -0.1) is 5.10 Å². The Hall–Kier alpha value is -3.07. The second-order valence-corrected chi connectivity index (χ2v) is 9.28. The molecule has 30 heavy (non-hydrogen) atoms. The number of hydrogen-bond acceptors (Lipinski definition) is 6. The van der Waals surface area contributed by atoms with Crippen LogP contribution < -0.4 is 5.32 Å². The summed E-state index contributed by atoms with van der Waals surface area (Å²) in [7, 11) is -3.71. The normalized spacial score (nSPS) is 13.6. The molecule has 0 spiro atoms. The summed E-state index contributed by atoms with van der Waals surface area (Å²) in [5.41, 5.74) is 3.39. The second-order valence-electron chi connectivity index (χ2n) is 7.17. The van der Waals surface area contributed by atoms with Crippen molar-refractivity contribution < 1.29 is 22.0 Å². The molecular formula is C21H20FN3O4S. The Labute approximate surface area is 173 Å². The van der Waals surface area contributed by atoms with Crippen molar-refractivity contribution in [2.24, 2.45) is 0 Å². The van der Waals surface area contributed by atoms with Crippen LogP contribution in [0.15, 0.2) is 51.8 Å². The molecule has 0 aliphatic heterocycles. The number of anilines is 1. The SMILES string of the molecule is O=C(CCS(=O)(=O)c1ccc(F)cc1)Nc1nnc(-c2ccc3c(c2)CCCC3)o1. The lowest BCUT2D eigenvalue weighted by Gasteiger charge is -2.15. The monoisotopic (exact) mass is 429 g/mol. The lowest BCUT2D eigenvalue weighted by Crippen LogP contribution is -2.17. The third kappa shape index (κ3) is 4.56. The molecule has 0 saturated carbocycles. The molecule has 1 N–H and O–H groups in total. The number of hydrogen-bond donors (Lipinski definition) is 1. The Morgan fingerprint density at radius 1 is 1.03 bits per heavy atom. The fourth-order valence-electron chi connectivity index (χ4n) is 3.43. The van der Waals surface area contributed by atoms with Crippen molar-refractivity contribution >= 4 is 21.8 Å². The van der Waals surface area contributed by atoms with Crippen LogP contribution in [0.4, 0.5) is 10.4 Å². The highest BCUT2D eigenvalue weighted by Gasteiger charge is 2.19. The highest BCUT2D eigenvalue weighted by atomic mass is 32.2. The van der Waals surface area contributed by atoms with Crippen LogP contribution in [0.2, 0.25) is 0 Å². The predicted molar refractivity (Wildman–Crippen MR) is 108 cm³/mol. The number of amides is 1. The van der Waals surface area contributed by atoms with Crippen LogP contribution in [-0.4, -0.2) is 30.3 Å². The van der Waals surface area contributed by atoms with E-state index in [9.17, 15) is 17.6 Å². The number of carbonyl (C=O) groups excluding carboxylic acids is 1. The van der Waals surface area contributed by atoms with E-state index in [2.05, 4.69) is 21.6 Å². The Morgan fingerprint density at radius 3 is 2.53 bits per heavy atom. The first-order valence-corrected chi connectivity index (χ1v) is 11.3. The van der Waals surface area contributed by atoms with Crippen LogP contribution in [0.1, 0.15) is 30.4 Å². The summed E-state index contributed by atoms with van der Waals surface area (Å²) in [4.78, 5) is 12.1. The van der Waals surface area contributed by atoms with Gasteiger partial charge in [0.2, 0.25) is 11.8 Å². The molecule has 1 aliphatic rings. The van der Waals surface area contributed by atoms with Crippen molar-refractivity contribution in [2.45, 2.75) is 37.0 Å². The van der Waals surface area contributed by atoms with E-state index in [0.717, 1.165) is 37.0 Å². The summed E-state index contributed by atoms with van der Waals surface area (Å²) in [6.45, 7) is 0. The molecule has 156 valence electrons. The van der Waals surface area contributed by atoms with Crippen LogP contribution in [0.3, 0.4) is 0 Å². The van der Waals surface area contributed by atoms with E-state index in [0.29, 0.717) is 0 Å². The molecule has 1 aromatic heterocycles. The van der Waals surface area contributed by atoms with Crippen molar-refractivity contribution in [3.05, 3.63) is 59.4 Å². The maximum Gasteiger partial charge on any atom is 0.322 e. The van der Waals surface area contributed by atoms with Gasteiger partial charge in [0.15, 0.2) is 9.84 Å². The van der Waals surface area contributed by atoms with Gasteiger partial charge in [-0.25, -0.2) is 12.8 Å². The number of benzene rings is 2. The number of sulfone groups is 1. The number of carbonyl (C=O) groups is 1. The van der Waals surface area contributed by atoms with E-state index in [-0.39, 0.29) is 23.2 Å². The molecule has 0 saturated heterocycles. The number of rotatable bonds is 6. The first-order chi connectivity index (χ1) is 14.4. The molecular weight excluding hydrogens is 409 g/mol. The zero-order valence-corrected chi connectivity index (χ0v) is 16.9. The molecule has 9 heteroatoms. The largest absolute Gasteiger partial charge is 0.403 e. The van der Waals surface area contributed by atoms with Gasteiger partial charge in [0, 0.05) is 12.0 Å². The Morgan fingerprint density at radius 2 is 1.77 bits per heavy atom. The van der Waals surface area contributed by atoms with Gasteiger partial charge >= 0.3 is 6.01 Å². The Balaban J connectivity index is 1.38. The molecule has 0 radical (unpaired) electrons. The maximum atomic E-state index is 13.0. The van der Waals surface area contributed by atoms with E-state index in [4.69, 9.17) is 4.42 Å². The van der Waals surface area contributed by atoms with Crippen molar-refractivity contribution in [1.82, 2.24) is 10.2 Å². The van der Waals surface area contributed by atoms with Crippen LogP contribution in [0.25, 0.3) is 11.5 Å². The average Bonchev–Trinajstić information content (AvgIpc) is 3.21. The van der Waals surface area contributed by atoms with Crippen molar-refractivity contribution in [1.29, 1.82) is 0 Å². The fraction of sp³-hybridized carbons (Fsp3) is 0.286. The lowest BCUT2D eigenvalue weighted by atomic mass is 9.90. The van der Waals surface area contributed by atoms with E-state index >= 15 is 0 Å². The molecule has 2 aromatic carbocycles. The van der Waals surface area contributed by atoms with Gasteiger partial charge in [0.1, 0.15) is 5.82 Å². The van der Waals surface area contributed by atoms with Gasteiger partial charge in [0.25, 0.3) is 0 Å².